The van der Waals surface area contributed by atoms with Crippen molar-refractivity contribution in [3.8, 4) is 0 Å². The van der Waals surface area contributed by atoms with E-state index in [1.54, 1.807) is 12.1 Å². The Hall–Kier alpha value is -1.20. The van der Waals surface area contributed by atoms with Crippen LogP contribution in [-0.4, -0.2) is 11.1 Å². The van der Waals surface area contributed by atoms with Gasteiger partial charge in [-0.05, 0) is 12.1 Å². The topological polar surface area (TPSA) is 61.2 Å². The summed E-state index contributed by atoms with van der Waals surface area (Å²) in [5, 5.41) is 16.2. The largest absolute Gasteiger partial charge is 0.478 e. The van der Waals surface area contributed by atoms with Crippen molar-refractivity contribution in [3.05, 3.63) is 27.7 Å². The summed E-state index contributed by atoms with van der Waals surface area (Å²) in [5.41, 5.74) is 0.289. The molecule has 0 aliphatic carbocycles. The molecule has 0 bridgehead atoms. The zero-order valence-corrected chi connectivity index (χ0v) is 8.04. The molecule has 0 radical (unpaired) electrons. The first-order chi connectivity index (χ1) is 6.18. The van der Waals surface area contributed by atoms with Crippen LogP contribution in [0.5, 0.6) is 0 Å². The molecule has 13 heavy (non-hydrogen) atoms. The van der Waals surface area contributed by atoms with E-state index in [2.05, 4.69) is 0 Å². The Labute approximate surface area is 81.4 Å². The minimum Gasteiger partial charge on any atom is -0.478 e. The number of carbonyl (C=O) groups is 1. The average Bonchev–Trinajstić information content (AvgIpc) is 2.43. The number of rotatable bonds is 1. The van der Waals surface area contributed by atoms with Gasteiger partial charge in [-0.3, -0.25) is 5.41 Å². The third-order valence-electron chi connectivity index (χ3n) is 1.61. The summed E-state index contributed by atoms with van der Waals surface area (Å²) < 4.78 is 2.00. The van der Waals surface area contributed by atoms with E-state index >= 15 is 0 Å². The van der Waals surface area contributed by atoms with Crippen molar-refractivity contribution in [3.63, 3.8) is 0 Å². The molecule has 1 aromatic heterocycles. The van der Waals surface area contributed by atoms with Crippen molar-refractivity contribution in [2.24, 2.45) is 0 Å². The van der Waals surface area contributed by atoms with Crippen LogP contribution >= 0.6 is 22.7 Å². The van der Waals surface area contributed by atoms with Crippen LogP contribution in [0.1, 0.15) is 10.4 Å². The Morgan fingerprint density at radius 1 is 1.38 bits per heavy atom. The lowest BCUT2D eigenvalue weighted by atomic mass is 10.2. The summed E-state index contributed by atoms with van der Waals surface area (Å²) in [7, 11) is 0. The molecule has 0 amide bonds. The summed E-state index contributed by atoms with van der Waals surface area (Å²) in [6.07, 6.45) is 0. The van der Waals surface area contributed by atoms with Crippen LogP contribution in [0.2, 0.25) is 0 Å². The lowest BCUT2D eigenvalue weighted by Gasteiger charge is -1.93. The molecule has 2 N–H and O–H groups in total. The van der Waals surface area contributed by atoms with Gasteiger partial charge in [-0.1, -0.05) is 6.07 Å². The molecule has 5 heteroatoms. The molecule has 0 fully saturated rings. The van der Waals surface area contributed by atoms with Crippen molar-refractivity contribution in [2.75, 3.05) is 0 Å². The molecule has 0 aliphatic heterocycles. The van der Waals surface area contributed by atoms with E-state index in [-0.39, 0.29) is 5.56 Å². The summed E-state index contributed by atoms with van der Waals surface area (Å²) in [4.78, 5) is 10.8. The zero-order chi connectivity index (χ0) is 9.42. The minimum atomic E-state index is -0.931. The predicted molar refractivity (Wildman–Crippen MR) is 52.5 cm³/mol. The maximum Gasteiger partial charge on any atom is 0.337 e. The van der Waals surface area contributed by atoms with Crippen LogP contribution in [0.4, 0.5) is 0 Å². The molecule has 3 nitrogen and oxygen atoms in total. The van der Waals surface area contributed by atoms with Gasteiger partial charge in [0.05, 0.1) is 10.3 Å². The van der Waals surface area contributed by atoms with E-state index in [0.29, 0.717) is 8.68 Å². The SMILES string of the molecule is N=c1sc2cccc(C(=O)O)c2s1. The molecule has 0 atom stereocenters. The van der Waals surface area contributed by atoms with Crippen molar-refractivity contribution in [1.29, 1.82) is 5.41 Å². The number of hydrogen-bond acceptors (Lipinski definition) is 4. The first-order valence-electron chi connectivity index (χ1n) is 3.49. The molecule has 0 unspecified atom stereocenters. The summed E-state index contributed by atoms with van der Waals surface area (Å²) in [6.45, 7) is 0. The Balaban J connectivity index is 2.90. The van der Waals surface area contributed by atoms with Gasteiger partial charge in [-0.2, -0.15) is 0 Å². The number of fused-ring (bicyclic) bond motifs is 1. The highest BCUT2D eigenvalue weighted by atomic mass is 32.2. The molecule has 0 spiro atoms. The fourth-order valence-corrected chi connectivity index (χ4v) is 3.19. The fraction of sp³-hybridized carbons (Fsp3) is 0. The van der Waals surface area contributed by atoms with E-state index in [1.807, 2.05) is 6.07 Å². The summed E-state index contributed by atoms with van der Waals surface area (Å²) in [6, 6.07) is 5.10. The van der Waals surface area contributed by atoms with E-state index in [1.165, 1.54) is 22.7 Å². The second-order valence-corrected chi connectivity index (χ2v) is 4.76. The molecular formula is C8H5NO2S2. The summed E-state index contributed by atoms with van der Waals surface area (Å²) in [5.74, 6) is -0.931. The van der Waals surface area contributed by atoms with Crippen LogP contribution in [0.25, 0.3) is 9.40 Å². The van der Waals surface area contributed by atoms with Gasteiger partial charge >= 0.3 is 5.97 Å². The third kappa shape index (κ3) is 1.36. The molecule has 2 rings (SSSR count). The maximum absolute atomic E-state index is 10.8. The second-order valence-electron chi connectivity index (χ2n) is 2.43. The molecule has 66 valence electrons. The van der Waals surface area contributed by atoms with Gasteiger partial charge in [0.1, 0.15) is 0 Å². The minimum absolute atomic E-state index is 0.289. The number of benzene rings is 1. The fourth-order valence-electron chi connectivity index (χ4n) is 1.08. The molecule has 0 saturated carbocycles. The van der Waals surface area contributed by atoms with Gasteiger partial charge in [0.25, 0.3) is 0 Å². The molecule has 0 aliphatic rings. The molecule has 1 aromatic carbocycles. The number of nitrogens with one attached hydrogen (secondary N) is 1. The number of aromatic carboxylic acids is 1. The van der Waals surface area contributed by atoms with Crippen LogP contribution in [0.3, 0.4) is 0 Å². The highest BCUT2D eigenvalue weighted by Crippen LogP contribution is 2.24. The van der Waals surface area contributed by atoms with Crippen molar-refractivity contribution >= 4 is 38.0 Å². The van der Waals surface area contributed by atoms with Crippen molar-refractivity contribution in [1.82, 2.24) is 0 Å². The molecule has 2 aromatic rings. The Kier molecular flexibility index (Phi) is 1.90. The van der Waals surface area contributed by atoms with E-state index < -0.39 is 5.97 Å². The molecule has 1 heterocycles. The number of carboxylic acids is 1. The normalized spacial score (nSPS) is 10.5. The molecular weight excluding hydrogens is 206 g/mol. The number of carboxylic acid groups (broad SMARTS) is 1. The van der Waals surface area contributed by atoms with Crippen LogP contribution < -0.4 is 3.98 Å². The highest BCUT2D eigenvalue weighted by Gasteiger charge is 2.09. The Bertz CT molecular complexity index is 526. The zero-order valence-electron chi connectivity index (χ0n) is 6.40. The second kappa shape index (κ2) is 2.93. The number of hydrogen-bond donors (Lipinski definition) is 2. The van der Waals surface area contributed by atoms with Gasteiger partial charge < -0.3 is 5.11 Å². The van der Waals surface area contributed by atoms with E-state index in [4.69, 9.17) is 10.5 Å². The standard InChI is InChI=1S/C8H5NO2S2/c9-8-12-5-3-1-2-4(7(10)11)6(5)13-8/h1-3,9H,(H,10,11). The van der Waals surface area contributed by atoms with E-state index in [9.17, 15) is 4.79 Å². The van der Waals surface area contributed by atoms with Gasteiger partial charge in [-0.25, -0.2) is 4.79 Å². The van der Waals surface area contributed by atoms with Gasteiger partial charge in [0.15, 0.2) is 3.98 Å². The Morgan fingerprint density at radius 3 is 2.85 bits per heavy atom. The monoisotopic (exact) mass is 211 g/mol. The van der Waals surface area contributed by atoms with Gasteiger partial charge in [-0.15, -0.1) is 22.7 Å². The van der Waals surface area contributed by atoms with Crippen LogP contribution in [0.15, 0.2) is 18.2 Å². The Morgan fingerprint density at radius 2 is 2.15 bits per heavy atom. The van der Waals surface area contributed by atoms with Crippen molar-refractivity contribution < 1.29 is 9.90 Å². The highest BCUT2D eigenvalue weighted by molar-refractivity contribution is 7.35. The third-order valence-corrected chi connectivity index (χ3v) is 3.81. The maximum atomic E-state index is 10.8. The summed E-state index contributed by atoms with van der Waals surface area (Å²) >= 11 is 2.52. The van der Waals surface area contributed by atoms with E-state index in [0.717, 1.165) is 4.70 Å². The smallest absolute Gasteiger partial charge is 0.337 e. The lowest BCUT2D eigenvalue weighted by Crippen LogP contribution is -1.94. The van der Waals surface area contributed by atoms with Gasteiger partial charge in [0, 0.05) is 4.70 Å². The van der Waals surface area contributed by atoms with Gasteiger partial charge in [0.2, 0.25) is 0 Å². The van der Waals surface area contributed by atoms with Crippen molar-refractivity contribution in [2.45, 2.75) is 0 Å². The average molecular weight is 211 g/mol. The van der Waals surface area contributed by atoms with Crippen LogP contribution in [-0.2, 0) is 0 Å². The first kappa shape index (κ1) is 8.40. The van der Waals surface area contributed by atoms with Crippen LogP contribution in [0, 0.1) is 5.41 Å². The first-order valence-corrected chi connectivity index (χ1v) is 5.12. The quantitative estimate of drug-likeness (QED) is 0.759. The predicted octanol–water partition coefficient (Wildman–Crippen LogP) is 2.14. The lowest BCUT2D eigenvalue weighted by molar-refractivity contribution is 0.0699. The molecule has 0 saturated heterocycles.